The molecule has 1 fully saturated rings. The van der Waals surface area contributed by atoms with E-state index >= 15 is 0 Å². The Kier molecular flexibility index (Phi) is 3.11. The molecule has 2 atom stereocenters. The van der Waals surface area contributed by atoms with Crippen LogP contribution in [0.4, 0.5) is 0 Å². The largest absolute Gasteiger partial charge is 0.481 e. The zero-order chi connectivity index (χ0) is 9.14. The molecule has 2 unspecified atom stereocenters. The van der Waals surface area contributed by atoms with Crippen LogP contribution in [0.3, 0.4) is 0 Å². The quantitative estimate of drug-likeness (QED) is 0.530. The average Bonchev–Trinajstić information content (AvgIpc) is 1.98. The highest BCUT2D eigenvalue weighted by molar-refractivity contribution is 6.04. The van der Waals surface area contributed by atoms with Gasteiger partial charge in [-0.3, -0.25) is 4.79 Å². The Bertz CT molecular complexity index is 177. The molecule has 2 N–H and O–H groups in total. The summed E-state index contributed by atoms with van der Waals surface area (Å²) in [5.74, 6) is -0.783. The van der Waals surface area contributed by atoms with Crippen LogP contribution in [0.2, 0.25) is 0 Å². The van der Waals surface area contributed by atoms with Gasteiger partial charge < -0.3 is 15.2 Å². The van der Waals surface area contributed by atoms with Crippen molar-refractivity contribution < 1.29 is 9.90 Å². The second kappa shape index (κ2) is 3.91. The van der Waals surface area contributed by atoms with Gasteiger partial charge in [0.05, 0.1) is 6.42 Å². The number of hydrogen-bond donors (Lipinski definition) is 2. The number of carboxylic acid groups (broad SMARTS) is 1. The van der Waals surface area contributed by atoms with Crippen LogP contribution in [-0.4, -0.2) is 49.0 Å². The predicted molar refractivity (Wildman–Crippen MR) is 46.0 cm³/mol. The summed E-state index contributed by atoms with van der Waals surface area (Å²) in [5.41, 5.74) is 0. The van der Waals surface area contributed by atoms with Gasteiger partial charge in [-0.25, -0.2) is 0 Å². The summed E-state index contributed by atoms with van der Waals surface area (Å²) in [5, 5.41) is 11.7. The second-order valence-electron chi connectivity index (χ2n) is 3.14. The Hall–Kier alpha value is -0.545. The smallest absolute Gasteiger partial charge is 0.304 e. The van der Waals surface area contributed by atoms with E-state index in [4.69, 9.17) is 13.1 Å². The Morgan fingerprint density at radius 1 is 1.83 bits per heavy atom. The Morgan fingerprint density at radius 2 is 2.50 bits per heavy atom. The molecule has 1 aliphatic heterocycles. The lowest BCUT2D eigenvalue weighted by molar-refractivity contribution is -0.138. The van der Waals surface area contributed by atoms with Crippen molar-refractivity contribution in [2.75, 3.05) is 13.1 Å². The summed E-state index contributed by atoms with van der Waals surface area (Å²) in [7, 11) is 5.64. The van der Waals surface area contributed by atoms with Crippen LogP contribution < -0.4 is 5.32 Å². The van der Waals surface area contributed by atoms with Gasteiger partial charge in [0.25, 0.3) is 0 Å². The fraction of sp³-hybridized carbons (Fsp3) is 0.857. The molecule has 2 radical (unpaired) electrons. The summed E-state index contributed by atoms with van der Waals surface area (Å²) >= 11 is 0. The minimum atomic E-state index is -0.783. The molecule has 1 heterocycles. The SMILES string of the molecule is [B]N1CCNC(CC(=O)O)C1C. The number of aliphatic carboxylic acids is 1. The lowest BCUT2D eigenvalue weighted by Gasteiger charge is -2.37. The van der Waals surface area contributed by atoms with E-state index in [9.17, 15) is 4.79 Å². The van der Waals surface area contributed by atoms with Gasteiger partial charge in [-0.15, -0.1) is 0 Å². The summed E-state index contributed by atoms with van der Waals surface area (Å²) < 4.78 is 0. The minimum absolute atomic E-state index is 0.0266. The maximum absolute atomic E-state index is 10.4. The molecule has 1 saturated heterocycles. The molecular formula is C7H13BN2O2. The molecule has 0 spiro atoms. The van der Waals surface area contributed by atoms with Crippen molar-refractivity contribution in [3.8, 4) is 0 Å². The van der Waals surface area contributed by atoms with E-state index in [0.29, 0.717) is 0 Å². The van der Waals surface area contributed by atoms with Gasteiger partial charge in [0, 0.05) is 18.6 Å². The van der Waals surface area contributed by atoms with E-state index in [1.165, 1.54) is 0 Å². The molecule has 0 aromatic carbocycles. The van der Waals surface area contributed by atoms with E-state index in [2.05, 4.69) is 5.32 Å². The number of hydrogen-bond acceptors (Lipinski definition) is 3. The van der Waals surface area contributed by atoms with Crippen LogP contribution in [0.15, 0.2) is 0 Å². The molecule has 4 nitrogen and oxygen atoms in total. The summed E-state index contributed by atoms with van der Waals surface area (Å²) in [6.07, 6.45) is 0.134. The number of nitrogens with one attached hydrogen (secondary N) is 1. The second-order valence-corrected chi connectivity index (χ2v) is 3.14. The zero-order valence-electron chi connectivity index (χ0n) is 7.16. The summed E-state index contributed by atoms with van der Waals surface area (Å²) in [6, 6.07) is 0.0658. The molecule has 5 heteroatoms. The first kappa shape index (κ1) is 9.54. The molecule has 12 heavy (non-hydrogen) atoms. The molecular weight excluding hydrogens is 155 g/mol. The van der Waals surface area contributed by atoms with Crippen LogP contribution in [0.1, 0.15) is 13.3 Å². The molecule has 0 aliphatic carbocycles. The Labute approximate surface area is 73.4 Å². The van der Waals surface area contributed by atoms with Gasteiger partial charge in [-0.05, 0) is 13.5 Å². The van der Waals surface area contributed by atoms with Gasteiger partial charge in [0.15, 0.2) is 7.98 Å². The van der Waals surface area contributed by atoms with E-state index < -0.39 is 5.97 Å². The van der Waals surface area contributed by atoms with Gasteiger partial charge in [0.1, 0.15) is 0 Å². The van der Waals surface area contributed by atoms with Gasteiger partial charge >= 0.3 is 5.97 Å². The molecule has 0 bridgehead atoms. The lowest BCUT2D eigenvalue weighted by atomic mass is 9.99. The molecule has 0 aromatic heterocycles. The molecule has 66 valence electrons. The van der Waals surface area contributed by atoms with Crippen LogP contribution in [0.5, 0.6) is 0 Å². The molecule has 0 saturated carbocycles. The van der Waals surface area contributed by atoms with Gasteiger partial charge in [-0.1, -0.05) is 0 Å². The fourth-order valence-electron chi connectivity index (χ4n) is 1.42. The van der Waals surface area contributed by atoms with E-state index in [1.54, 1.807) is 4.81 Å². The van der Waals surface area contributed by atoms with Crippen molar-refractivity contribution in [2.24, 2.45) is 0 Å². The number of carbonyl (C=O) groups is 1. The van der Waals surface area contributed by atoms with Crippen molar-refractivity contribution in [3.63, 3.8) is 0 Å². The first-order valence-corrected chi connectivity index (χ1v) is 4.08. The van der Waals surface area contributed by atoms with Crippen LogP contribution in [0, 0.1) is 0 Å². The highest BCUT2D eigenvalue weighted by Crippen LogP contribution is 2.08. The molecule has 0 aromatic rings. The topological polar surface area (TPSA) is 52.6 Å². The van der Waals surface area contributed by atoms with Gasteiger partial charge in [0.2, 0.25) is 0 Å². The van der Waals surface area contributed by atoms with Crippen LogP contribution in [-0.2, 0) is 4.79 Å². The normalized spacial score (nSPS) is 31.8. The fourth-order valence-corrected chi connectivity index (χ4v) is 1.42. The van der Waals surface area contributed by atoms with Crippen molar-refractivity contribution in [1.82, 2.24) is 10.1 Å². The Balaban J connectivity index is 2.46. The predicted octanol–water partition coefficient (Wildman–Crippen LogP) is -0.793. The number of carboxylic acids is 1. The van der Waals surface area contributed by atoms with Crippen molar-refractivity contribution >= 4 is 14.0 Å². The van der Waals surface area contributed by atoms with Crippen molar-refractivity contribution in [3.05, 3.63) is 0 Å². The summed E-state index contributed by atoms with van der Waals surface area (Å²) in [6.45, 7) is 3.47. The third kappa shape index (κ3) is 2.22. The standard InChI is InChI=1S/C7H13BN2O2/c1-5-6(4-7(11)12)9-2-3-10(5)8/h5-6,9H,2-4H2,1H3,(H,11,12). The van der Waals surface area contributed by atoms with Crippen LogP contribution >= 0.6 is 0 Å². The van der Waals surface area contributed by atoms with E-state index in [-0.39, 0.29) is 18.5 Å². The minimum Gasteiger partial charge on any atom is -0.481 e. The van der Waals surface area contributed by atoms with E-state index in [0.717, 1.165) is 13.1 Å². The summed E-state index contributed by atoms with van der Waals surface area (Å²) in [4.78, 5) is 12.1. The highest BCUT2D eigenvalue weighted by atomic mass is 16.4. The third-order valence-corrected chi connectivity index (χ3v) is 2.28. The average molecular weight is 168 g/mol. The van der Waals surface area contributed by atoms with E-state index in [1.807, 2.05) is 6.92 Å². The number of nitrogens with zero attached hydrogens (tertiary/aromatic N) is 1. The lowest BCUT2D eigenvalue weighted by Crippen LogP contribution is -2.56. The monoisotopic (exact) mass is 168 g/mol. The molecule has 1 rings (SSSR count). The maximum Gasteiger partial charge on any atom is 0.304 e. The van der Waals surface area contributed by atoms with Crippen LogP contribution in [0.25, 0.3) is 0 Å². The zero-order valence-corrected chi connectivity index (χ0v) is 7.16. The third-order valence-electron chi connectivity index (χ3n) is 2.28. The molecule has 1 aliphatic rings. The highest BCUT2D eigenvalue weighted by Gasteiger charge is 2.25. The first-order valence-electron chi connectivity index (χ1n) is 4.08. The molecule has 0 amide bonds. The Morgan fingerprint density at radius 3 is 3.08 bits per heavy atom. The van der Waals surface area contributed by atoms with Crippen molar-refractivity contribution in [1.29, 1.82) is 0 Å². The van der Waals surface area contributed by atoms with Gasteiger partial charge in [-0.2, -0.15) is 0 Å². The van der Waals surface area contributed by atoms with Crippen molar-refractivity contribution in [2.45, 2.75) is 25.4 Å². The first-order chi connectivity index (χ1) is 5.61. The number of piperazine rings is 1. The maximum atomic E-state index is 10.4. The number of rotatable bonds is 2.